The van der Waals surface area contributed by atoms with Crippen LogP contribution >= 0.6 is 11.6 Å². The highest BCUT2D eigenvalue weighted by molar-refractivity contribution is 6.30. The number of carbonyl (C=O) groups is 3. The molecule has 2 atom stereocenters. The molecule has 0 aromatic heterocycles. The van der Waals surface area contributed by atoms with E-state index < -0.39 is 35.3 Å². The second-order valence-electron chi connectivity index (χ2n) is 5.47. The fourth-order valence-electron chi connectivity index (χ4n) is 2.72. The summed E-state index contributed by atoms with van der Waals surface area (Å²) < 4.78 is 14.8. The molecular weight excluding hydrogens is 364 g/mol. The molecule has 1 N–H and O–H groups in total. The van der Waals surface area contributed by atoms with Gasteiger partial charge in [-0.2, -0.15) is 0 Å². The van der Waals surface area contributed by atoms with Crippen LogP contribution in [0.2, 0.25) is 5.02 Å². The molecule has 0 saturated heterocycles. The van der Waals surface area contributed by atoms with Crippen molar-refractivity contribution in [1.82, 2.24) is 0 Å². The van der Waals surface area contributed by atoms with Gasteiger partial charge in [-0.25, -0.2) is 4.79 Å². The highest BCUT2D eigenvalue weighted by Gasteiger charge is 2.42. The highest BCUT2D eigenvalue weighted by Crippen LogP contribution is 2.41. The van der Waals surface area contributed by atoms with Crippen molar-refractivity contribution in [3.05, 3.63) is 40.1 Å². The van der Waals surface area contributed by atoms with Gasteiger partial charge in [0.15, 0.2) is 0 Å². The Morgan fingerprint density at radius 1 is 1.08 bits per heavy atom. The molecule has 2 unspecified atom stereocenters. The van der Waals surface area contributed by atoms with Crippen molar-refractivity contribution in [2.75, 3.05) is 21.3 Å². The lowest BCUT2D eigenvalue weighted by atomic mass is 9.77. The Balaban J connectivity index is 3.86. The van der Waals surface area contributed by atoms with E-state index in [0.717, 1.165) is 14.2 Å². The molecule has 0 heterocycles. The van der Waals surface area contributed by atoms with E-state index in [9.17, 15) is 19.5 Å². The van der Waals surface area contributed by atoms with Gasteiger partial charge in [-0.1, -0.05) is 11.6 Å². The average Bonchev–Trinajstić information content (AvgIpc) is 2.59. The first-order valence-electron chi connectivity index (χ1n) is 7.59. The van der Waals surface area contributed by atoms with Crippen LogP contribution < -0.4 is 4.74 Å². The lowest BCUT2D eigenvalue weighted by Gasteiger charge is -2.27. The summed E-state index contributed by atoms with van der Waals surface area (Å²) >= 11 is 6.06. The van der Waals surface area contributed by atoms with Gasteiger partial charge in [-0.3, -0.25) is 9.59 Å². The molecule has 1 aromatic rings. The van der Waals surface area contributed by atoms with Crippen molar-refractivity contribution in [1.29, 1.82) is 0 Å². The number of halogens is 1. The number of Topliss-reactive ketones (excluding diaryl/α,β-unsaturated/α-hetero) is 1. The monoisotopic (exact) mass is 384 g/mol. The van der Waals surface area contributed by atoms with Gasteiger partial charge in [-0.05, 0) is 32.0 Å². The number of aliphatic hydroxyl groups is 1. The maximum Gasteiger partial charge on any atom is 0.337 e. The molecule has 0 radical (unpaired) electrons. The molecule has 26 heavy (non-hydrogen) atoms. The zero-order chi connectivity index (χ0) is 20.0. The molecular formula is C18H21ClO7. The zero-order valence-electron chi connectivity index (χ0n) is 15.2. The zero-order valence-corrected chi connectivity index (χ0v) is 15.9. The standard InChI is InChI=1S/C18H21ClO7/c1-9(20)14(17(22)25-4)16(15(10(2)21)18(23)26-5)12-8-11(19)6-7-13(12)24-3/h6-8,14,16,21H,1-5H3/b15-10+. The van der Waals surface area contributed by atoms with Crippen molar-refractivity contribution in [2.45, 2.75) is 19.8 Å². The summed E-state index contributed by atoms with van der Waals surface area (Å²) in [5, 5.41) is 10.4. The van der Waals surface area contributed by atoms with Crippen molar-refractivity contribution >= 4 is 29.3 Å². The molecule has 8 heteroatoms. The number of aliphatic hydroxyl groups excluding tert-OH is 1. The van der Waals surface area contributed by atoms with E-state index in [2.05, 4.69) is 0 Å². The maximum absolute atomic E-state index is 12.3. The van der Waals surface area contributed by atoms with Crippen LogP contribution in [0.15, 0.2) is 29.5 Å². The van der Waals surface area contributed by atoms with E-state index >= 15 is 0 Å². The number of ketones is 1. The predicted molar refractivity (Wildman–Crippen MR) is 94.3 cm³/mol. The van der Waals surface area contributed by atoms with Gasteiger partial charge in [0.1, 0.15) is 23.2 Å². The topological polar surface area (TPSA) is 99.1 Å². The van der Waals surface area contributed by atoms with Crippen LogP contribution in [-0.4, -0.2) is 44.2 Å². The Morgan fingerprint density at radius 3 is 2.12 bits per heavy atom. The number of carbonyl (C=O) groups excluding carboxylic acids is 3. The first-order valence-corrected chi connectivity index (χ1v) is 7.97. The number of hydrogen-bond donors (Lipinski definition) is 1. The van der Waals surface area contributed by atoms with Crippen LogP contribution in [0, 0.1) is 5.92 Å². The molecule has 0 bridgehead atoms. The summed E-state index contributed by atoms with van der Waals surface area (Å²) in [6, 6.07) is 4.53. The SMILES string of the molecule is COC(=O)/C(=C(\C)O)C(c1cc(Cl)ccc1OC)C(C(C)=O)C(=O)OC. The van der Waals surface area contributed by atoms with Crippen molar-refractivity contribution in [3.8, 4) is 5.75 Å². The summed E-state index contributed by atoms with van der Waals surface area (Å²) in [5.41, 5.74) is -0.00179. The van der Waals surface area contributed by atoms with E-state index in [1.54, 1.807) is 6.07 Å². The second-order valence-corrected chi connectivity index (χ2v) is 5.90. The van der Waals surface area contributed by atoms with Gasteiger partial charge in [0.05, 0.1) is 26.9 Å². The van der Waals surface area contributed by atoms with Crippen molar-refractivity contribution in [2.24, 2.45) is 5.92 Å². The lowest BCUT2D eigenvalue weighted by molar-refractivity contribution is -0.149. The summed E-state index contributed by atoms with van der Waals surface area (Å²) in [7, 11) is 3.63. The molecule has 142 valence electrons. The van der Waals surface area contributed by atoms with Gasteiger partial charge in [0.2, 0.25) is 0 Å². The van der Waals surface area contributed by atoms with Crippen LogP contribution in [0.25, 0.3) is 0 Å². The number of benzene rings is 1. The van der Waals surface area contributed by atoms with Crippen LogP contribution in [0.3, 0.4) is 0 Å². The molecule has 1 aromatic carbocycles. The second kappa shape index (κ2) is 9.24. The summed E-state index contributed by atoms with van der Waals surface area (Å²) in [4.78, 5) is 36.9. The predicted octanol–water partition coefficient (Wildman–Crippen LogP) is 2.82. The molecule has 0 spiro atoms. The van der Waals surface area contributed by atoms with Crippen molar-refractivity contribution in [3.63, 3.8) is 0 Å². The van der Waals surface area contributed by atoms with Gasteiger partial charge in [0.25, 0.3) is 0 Å². The fourth-order valence-corrected chi connectivity index (χ4v) is 2.90. The number of esters is 2. The van der Waals surface area contributed by atoms with E-state index in [-0.39, 0.29) is 21.9 Å². The third-order valence-electron chi connectivity index (χ3n) is 3.86. The number of methoxy groups -OCH3 is 3. The molecule has 7 nitrogen and oxygen atoms in total. The van der Waals surface area contributed by atoms with Gasteiger partial charge < -0.3 is 19.3 Å². The van der Waals surface area contributed by atoms with E-state index in [1.807, 2.05) is 0 Å². The van der Waals surface area contributed by atoms with Crippen LogP contribution in [-0.2, 0) is 23.9 Å². The molecule has 0 amide bonds. The largest absolute Gasteiger partial charge is 0.512 e. The quantitative estimate of drug-likeness (QED) is 0.334. The van der Waals surface area contributed by atoms with Crippen LogP contribution in [0.5, 0.6) is 5.75 Å². The lowest BCUT2D eigenvalue weighted by Crippen LogP contribution is -2.33. The Kier molecular flexibility index (Phi) is 7.64. The van der Waals surface area contributed by atoms with Crippen LogP contribution in [0.1, 0.15) is 25.3 Å². The minimum absolute atomic E-state index is 0.263. The molecule has 0 aliphatic heterocycles. The normalized spacial score (nSPS) is 13.9. The fraction of sp³-hybridized carbons (Fsp3) is 0.389. The Hall–Kier alpha value is -2.54. The number of hydrogen-bond acceptors (Lipinski definition) is 7. The molecule has 0 aliphatic rings. The summed E-state index contributed by atoms with van der Waals surface area (Å²) in [5.74, 6) is -5.09. The van der Waals surface area contributed by atoms with Crippen molar-refractivity contribution < 1.29 is 33.7 Å². The van der Waals surface area contributed by atoms with E-state index in [4.69, 9.17) is 25.8 Å². The Morgan fingerprint density at radius 2 is 1.69 bits per heavy atom. The maximum atomic E-state index is 12.3. The molecule has 0 aliphatic carbocycles. The number of allylic oxidation sites excluding steroid dienone is 1. The van der Waals surface area contributed by atoms with Gasteiger partial charge >= 0.3 is 11.9 Å². The smallest absolute Gasteiger partial charge is 0.337 e. The first kappa shape index (κ1) is 21.5. The third kappa shape index (κ3) is 4.54. The Labute approximate surface area is 156 Å². The number of ether oxygens (including phenoxy) is 3. The Bertz CT molecular complexity index is 735. The van der Waals surface area contributed by atoms with Gasteiger partial charge in [0, 0.05) is 16.5 Å². The van der Waals surface area contributed by atoms with E-state index in [1.165, 1.54) is 33.1 Å². The first-order chi connectivity index (χ1) is 12.2. The number of rotatable bonds is 7. The molecule has 0 saturated carbocycles. The molecule has 1 rings (SSSR count). The van der Waals surface area contributed by atoms with Crippen LogP contribution in [0.4, 0.5) is 0 Å². The summed E-state index contributed by atoms with van der Waals surface area (Å²) in [6.45, 7) is 2.44. The molecule has 0 fully saturated rings. The van der Waals surface area contributed by atoms with Gasteiger partial charge in [-0.15, -0.1) is 0 Å². The van der Waals surface area contributed by atoms with E-state index in [0.29, 0.717) is 0 Å². The summed E-state index contributed by atoms with van der Waals surface area (Å²) in [6.07, 6.45) is 0. The minimum Gasteiger partial charge on any atom is -0.512 e. The average molecular weight is 385 g/mol. The highest BCUT2D eigenvalue weighted by atomic mass is 35.5. The minimum atomic E-state index is -1.41. The third-order valence-corrected chi connectivity index (χ3v) is 4.09.